The Kier molecular flexibility index (Phi) is 6.64. The normalized spacial score (nSPS) is 20.2. The summed E-state index contributed by atoms with van der Waals surface area (Å²) in [7, 11) is -1.15. The summed E-state index contributed by atoms with van der Waals surface area (Å²) in [6.45, 7) is 10.2. The zero-order valence-electron chi connectivity index (χ0n) is 17.4. The molecule has 3 rings (SSSR count). The number of fused-ring (bicyclic) bond motifs is 1. The number of halogens is 1. The molecule has 0 unspecified atom stereocenters. The summed E-state index contributed by atoms with van der Waals surface area (Å²) in [5.74, 6) is 0.568. The summed E-state index contributed by atoms with van der Waals surface area (Å²) < 4.78 is 7.45. The van der Waals surface area contributed by atoms with Crippen LogP contribution in [0.15, 0.2) is 6.20 Å². The molecule has 160 valence electrons. The molecule has 1 fully saturated rings. The molecule has 2 aromatic rings. The highest BCUT2D eigenvalue weighted by Crippen LogP contribution is 2.26. The number of nitrogens with one attached hydrogen (secondary N) is 1. The van der Waals surface area contributed by atoms with Crippen LogP contribution in [0.4, 0.5) is 10.6 Å². The van der Waals surface area contributed by atoms with Gasteiger partial charge in [-0.1, -0.05) is 19.6 Å². The maximum atomic E-state index is 11.4. The number of carboxylic acid groups (broad SMARTS) is 1. The fraction of sp³-hybridized carbons (Fsp3) is 0.667. The molecule has 1 saturated heterocycles. The monoisotopic (exact) mass is 440 g/mol. The predicted molar refractivity (Wildman–Crippen MR) is 115 cm³/mol. The first kappa shape index (κ1) is 21.8. The van der Waals surface area contributed by atoms with Gasteiger partial charge in [0, 0.05) is 33.3 Å². The van der Waals surface area contributed by atoms with E-state index in [4.69, 9.17) is 16.3 Å². The molecule has 0 radical (unpaired) electrons. The summed E-state index contributed by atoms with van der Waals surface area (Å²) in [4.78, 5) is 21.5. The van der Waals surface area contributed by atoms with Gasteiger partial charge < -0.3 is 20.1 Å². The van der Waals surface area contributed by atoms with E-state index in [-0.39, 0.29) is 17.4 Å². The number of hydrogen-bond acceptors (Lipinski definition) is 6. The van der Waals surface area contributed by atoms with Crippen LogP contribution in [-0.2, 0) is 11.5 Å². The predicted octanol–water partition coefficient (Wildman–Crippen LogP) is 3.73. The average Bonchev–Trinajstić information content (AvgIpc) is 3.02. The Morgan fingerprint density at radius 2 is 2.14 bits per heavy atom. The van der Waals surface area contributed by atoms with Gasteiger partial charge in [-0.15, -0.1) is 0 Å². The van der Waals surface area contributed by atoms with Crippen LogP contribution in [0.5, 0.6) is 0 Å². The second kappa shape index (κ2) is 8.84. The van der Waals surface area contributed by atoms with Crippen LogP contribution in [0.25, 0.3) is 11.0 Å². The van der Waals surface area contributed by atoms with E-state index in [1.807, 2.05) is 6.92 Å². The van der Waals surface area contributed by atoms with Crippen LogP contribution in [0.3, 0.4) is 0 Å². The molecule has 0 aliphatic carbocycles. The van der Waals surface area contributed by atoms with Crippen molar-refractivity contribution in [1.29, 1.82) is 0 Å². The van der Waals surface area contributed by atoms with Crippen molar-refractivity contribution in [3.8, 4) is 0 Å². The molecule has 3 heterocycles. The quantitative estimate of drug-likeness (QED) is 0.383. The van der Waals surface area contributed by atoms with E-state index < -0.39 is 14.2 Å². The topological polar surface area (TPSA) is 105 Å². The van der Waals surface area contributed by atoms with Crippen LogP contribution in [0.2, 0.25) is 31.0 Å². The molecular weight excluding hydrogens is 412 g/mol. The maximum absolute atomic E-state index is 11.4. The first-order valence-electron chi connectivity index (χ1n) is 9.87. The third kappa shape index (κ3) is 5.58. The fourth-order valence-corrected chi connectivity index (χ4v) is 4.27. The summed E-state index contributed by atoms with van der Waals surface area (Å²) in [6.07, 6.45) is 2.42. The van der Waals surface area contributed by atoms with E-state index in [1.165, 1.54) is 4.90 Å². The van der Waals surface area contributed by atoms with Gasteiger partial charge in [-0.25, -0.2) is 9.48 Å². The van der Waals surface area contributed by atoms with Crippen molar-refractivity contribution >= 4 is 42.6 Å². The summed E-state index contributed by atoms with van der Waals surface area (Å²) in [5.41, 5.74) is 0.597. The van der Waals surface area contributed by atoms with Crippen LogP contribution in [0, 0.1) is 0 Å². The highest BCUT2D eigenvalue weighted by molar-refractivity contribution is 6.76. The second-order valence-electron chi connectivity index (χ2n) is 8.77. The molecule has 2 N–H and O–H groups in total. The third-order valence-corrected chi connectivity index (χ3v) is 7.02. The number of rotatable bonds is 7. The van der Waals surface area contributed by atoms with Gasteiger partial charge in [-0.05, 0) is 37.4 Å². The largest absolute Gasteiger partial charge is 0.465 e. The number of anilines is 1. The van der Waals surface area contributed by atoms with Gasteiger partial charge in [-0.3, -0.25) is 0 Å². The molecule has 2 atom stereocenters. The van der Waals surface area contributed by atoms with Crippen LogP contribution in [0.1, 0.15) is 19.8 Å². The summed E-state index contributed by atoms with van der Waals surface area (Å²) >= 11 is 6.15. The fourth-order valence-electron chi connectivity index (χ4n) is 3.35. The molecule has 2 aromatic heterocycles. The number of likely N-dealkylation sites (tertiary alicyclic amines) is 1. The minimum Gasteiger partial charge on any atom is -0.465 e. The SMILES string of the molecule is C[C@H]1CC[C@@H](Nc2nc(Cl)nc3c2cnn3COCC[Si](C)(C)C)CN1C(=O)O. The van der Waals surface area contributed by atoms with Crippen molar-refractivity contribution in [2.45, 2.75) is 64.3 Å². The zero-order valence-corrected chi connectivity index (χ0v) is 19.1. The number of ether oxygens (including phenoxy) is 1. The first-order valence-corrected chi connectivity index (χ1v) is 14.0. The van der Waals surface area contributed by atoms with E-state index in [9.17, 15) is 9.90 Å². The van der Waals surface area contributed by atoms with Crippen molar-refractivity contribution in [2.24, 2.45) is 0 Å². The van der Waals surface area contributed by atoms with Crippen molar-refractivity contribution in [3.63, 3.8) is 0 Å². The summed E-state index contributed by atoms with van der Waals surface area (Å²) in [6, 6.07) is 1.04. The van der Waals surface area contributed by atoms with Crippen molar-refractivity contribution in [1.82, 2.24) is 24.6 Å². The van der Waals surface area contributed by atoms with Gasteiger partial charge in [0.05, 0.1) is 11.6 Å². The van der Waals surface area contributed by atoms with Gasteiger partial charge in [0.1, 0.15) is 12.5 Å². The van der Waals surface area contributed by atoms with E-state index in [0.29, 0.717) is 31.3 Å². The van der Waals surface area contributed by atoms with Gasteiger partial charge in [-0.2, -0.15) is 15.1 Å². The van der Waals surface area contributed by atoms with Gasteiger partial charge >= 0.3 is 6.09 Å². The number of carbonyl (C=O) groups is 1. The smallest absolute Gasteiger partial charge is 0.407 e. The Balaban J connectivity index is 1.72. The van der Waals surface area contributed by atoms with Gasteiger partial charge in [0.25, 0.3) is 0 Å². The highest BCUT2D eigenvalue weighted by Gasteiger charge is 2.29. The van der Waals surface area contributed by atoms with Gasteiger partial charge in [0.2, 0.25) is 5.28 Å². The van der Waals surface area contributed by atoms with Crippen LogP contribution in [-0.4, -0.2) is 69.2 Å². The lowest BCUT2D eigenvalue weighted by Gasteiger charge is -2.36. The molecule has 9 nitrogen and oxygen atoms in total. The Morgan fingerprint density at radius 3 is 2.83 bits per heavy atom. The molecule has 0 bridgehead atoms. The van der Waals surface area contributed by atoms with E-state index >= 15 is 0 Å². The highest BCUT2D eigenvalue weighted by atomic mass is 35.5. The Labute approximate surface area is 176 Å². The Hall–Kier alpha value is -1.91. The van der Waals surface area contributed by atoms with Crippen molar-refractivity contribution in [2.75, 3.05) is 18.5 Å². The first-order chi connectivity index (χ1) is 13.6. The molecule has 1 aliphatic heterocycles. The molecule has 0 aromatic carbocycles. The molecule has 29 heavy (non-hydrogen) atoms. The lowest BCUT2D eigenvalue weighted by atomic mass is 10.00. The van der Waals surface area contributed by atoms with Crippen LogP contribution < -0.4 is 5.32 Å². The number of aromatic nitrogens is 4. The van der Waals surface area contributed by atoms with Crippen LogP contribution >= 0.6 is 11.6 Å². The third-order valence-electron chi connectivity index (χ3n) is 5.15. The molecule has 1 amide bonds. The molecule has 11 heteroatoms. The number of nitrogens with zero attached hydrogens (tertiary/aromatic N) is 5. The lowest BCUT2D eigenvalue weighted by molar-refractivity contribution is 0.0813. The Morgan fingerprint density at radius 1 is 1.38 bits per heavy atom. The average molecular weight is 441 g/mol. The van der Waals surface area contributed by atoms with Gasteiger partial charge in [0.15, 0.2) is 5.65 Å². The minimum atomic E-state index is -1.15. The molecule has 1 aliphatic rings. The number of amides is 1. The number of hydrogen-bond donors (Lipinski definition) is 2. The van der Waals surface area contributed by atoms with E-state index in [2.05, 4.69) is 40.0 Å². The molecule has 0 saturated carbocycles. The lowest BCUT2D eigenvalue weighted by Crippen LogP contribution is -2.49. The second-order valence-corrected chi connectivity index (χ2v) is 14.7. The standard InChI is InChI=1S/C18H29ClN6O3Si/c1-12-5-6-13(10-24(12)18(26)27)21-15-14-9-20-25(16(14)23-17(19)22-15)11-28-7-8-29(2,3)4/h9,12-13H,5-8,10-11H2,1-4H3,(H,26,27)(H,21,22,23)/t12-,13+/m0/s1. The zero-order chi connectivity index (χ0) is 21.2. The van der Waals surface area contributed by atoms with E-state index in [0.717, 1.165) is 24.3 Å². The Bertz CT molecular complexity index is 871. The van der Waals surface area contributed by atoms with E-state index in [1.54, 1.807) is 10.9 Å². The minimum absolute atomic E-state index is 0.00983. The number of piperidine rings is 1. The maximum Gasteiger partial charge on any atom is 0.407 e. The van der Waals surface area contributed by atoms with Crippen molar-refractivity contribution in [3.05, 3.63) is 11.5 Å². The molecule has 0 spiro atoms. The molecular formula is C18H29ClN6O3Si. The summed E-state index contributed by atoms with van der Waals surface area (Å²) in [5, 5.41) is 18.0. The van der Waals surface area contributed by atoms with Crippen molar-refractivity contribution < 1.29 is 14.6 Å².